The Kier molecular flexibility index (Phi) is 2.89. The van der Waals surface area contributed by atoms with Gasteiger partial charge in [-0.3, -0.25) is 4.57 Å². The number of para-hydroxylation sites is 2. The standard InChI is InChI=1S/C18H20N2/c1-13-19-16-7-5-6-8-17(16)20(13)15-11-9-14(10-12-15)18(2,3)4/h5-12H,1-4H3. The van der Waals surface area contributed by atoms with Gasteiger partial charge in [0.1, 0.15) is 5.82 Å². The fourth-order valence-corrected chi connectivity index (χ4v) is 2.58. The molecular weight excluding hydrogens is 244 g/mol. The van der Waals surface area contributed by atoms with Crippen LogP contribution in [0.15, 0.2) is 48.5 Å². The van der Waals surface area contributed by atoms with E-state index in [2.05, 4.69) is 79.7 Å². The first-order chi connectivity index (χ1) is 9.47. The van der Waals surface area contributed by atoms with Crippen LogP contribution in [-0.2, 0) is 5.41 Å². The molecule has 3 rings (SSSR count). The third-order valence-electron chi connectivity index (χ3n) is 3.72. The highest BCUT2D eigenvalue weighted by Gasteiger charge is 2.14. The Hall–Kier alpha value is -2.09. The van der Waals surface area contributed by atoms with E-state index in [9.17, 15) is 0 Å². The van der Waals surface area contributed by atoms with Crippen LogP contribution < -0.4 is 0 Å². The summed E-state index contributed by atoms with van der Waals surface area (Å²) in [4.78, 5) is 4.62. The van der Waals surface area contributed by atoms with Crippen LogP contribution in [0.2, 0.25) is 0 Å². The molecule has 0 radical (unpaired) electrons. The van der Waals surface area contributed by atoms with Crippen molar-refractivity contribution in [3.05, 3.63) is 59.9 Å². The second kappa shape index (κ2) is 4.48. The third kappa shape index (κ3) is 2.11. The molecule has 0 atom stereocenters. The Morgan fingerprint density at radius 1 is 0.900 bits per heavy atom. The van der Waals surface area contributed by atoms with Gasteiger partial charge in [0.15, 0.2) is 0 Å². The van der Waals surface area contributed by atoms with E-state index >= 15 is 0 Å². The largest absolute Gasteiger partial charge is 0.297 e. The molecule has 2 heteroatoms. The van der Waals surface area contributed by atoms with Crippen molar-refractivity contribution < 1.29 is 0 Å². The summed E-state index contributed by atoms with van der Waals surface area (Å²) in [5, 5.41) is 0. The normalized spacial score (nSPS) is 12.0. The molecule has 0 amide bonds. The average Bonchev–Trinajstić information content (AvgIpc) is 2.73. The van der Waals surface area contributed by atoms with Gasteiger partial charge < -0.3 is 0 Å². The van der Waals surface area contributed by atoms with Crippen molar-refractivity contribution in [2.45, 2.75) is 33.1 Å². The van der Waals surface area contributed by atoms with Crippen molar-refractivity contribution >= 4 is 11.0 Å². The maximum atomic E-state index is 4.62. The van der Waals surface area contributed by atoms with E-state index in [4.69, 9.17) is 0 Å². The lowest BCUT2D eigenvalue weighted by atomic mass is 9.87. The highest BCUT2D eigenvalue weighted by molar-refractivity contribution is 5.78. The lowest BCUT2D eigenvalue weighted by Crippen LogP contribution is -2.11. The minimum Gasteiger partial charge on any atom is -0.297 e. The summed E-state index contributed by atoms with van der Waals surface area (Å²) >= 11 is 0. The molecule has 0 aliphatic carbocycles. The van der Waals surface area contributed by atoms with Crippen molar-refractivity contribution in [2.75, 3.05) is 0 Å². The smallest absolute Gasteiger partial charge is 0.111 e. The van der Waals surface area contributed by atoms with Crippen molar-refractivity contribution in [3.8, 4) is 5.69 Å². The predicted octanol–water partition coefficient (Wildman–Crippen LogP) is 4.63. The quantitative estimate of drug-likeness (QED) is 0.626. The SMILES string of the molecule is Cc1nc2ccccc2n1-c1ccc(C(C)(C)C)cc1. The Labute approximate surface area is 120 Å². The van der Waals surface area contributed by atoms with Crippen LogP contribution in [0.4, 0.5) is 0 Å². The summed E-state index contributed by atoms with van der Waals surface area (Å²) in [6.45, 7) is 8.76. The summed E-state index contributed by atoms with van der Waals surface area (Å²) in [5.41, 5.74) is 4.91. The van der Waals surface area contributed by atoms with Crippen LogP contribution in [0, 0.1) is 6.92 Å². The molecule has 0 saturated carbocycles. The van der Waals surface area contributed by atoms with Gasteiger partial charge in [0, 0.05) is 5.69 Å². The highest BCUT2D eigenvalue weighted by Crippen LogP contribution is 2.25. The van der Waals surface area contributed by atoms with Crippen molar-refractivity contribution in [3.63, 3.8) is 0 Å². The molecule has 102 valence electrons. The zero-order valence-electron chi connectivity index (χ0n) is 12.5. The molecule has 20 heavy (non-hydrogen) atoms. The first kappa shape index (κ1) is 12.9. The minimum atomic E-state index is 0.185. The number of fused-ring (bicyclic) bond motifs is 1. The second-order valence-electron chi connectivity index (χ2n) is 6.28. The maximum absolute atomic E-state index is 4.62. The molecule has 0 bridgehead atoms. The molecule has 1 heterocycles. The molecule has 0 saturated heterocycles. The van der Waals surface area contributed by atoms with E-state index in [1.807, 2.05) is 6.07 Å². The summed E-state index contributed by atoms with van der Waals surface area (Å²) in [6, 6.07) is 17.1. The van der Waals surface area contributed by atoms with Crippen LogP contribution in [0.3, 0.4) is 0 Å². The number of benzene rings is 2. The molecule has 0 aliphatic rings. The average molecular weight is 264 g/mol. The lowest BCUT2D eigenvalue weighted by molar-refractivity contribution is 0.590. The molecule has 0 aliphatic heterocycles. The number of nitrogens with zero attached hydrogens (tertiary/aromatic N) is 2. The fourth-order valence-electron chi connectivity index (χ4n) is 2.58. The molecule has 0 fully saturated rings. The third-order valence-corrected chi connectivity index (χ3v) is 3.72. The Morgan fingerprint density at radius 3 is 2.20 bits per heavy atom. The first-order valence-electron chi connectivity index (χ1n) is 7.02. The van der Waals surface area contributed by atoms with Gasteiger partial charge >= 0.3 is 0 Å². The second-order valence-corrected chi connectivity index (χ2v) is 6.28. The van der Waals surface area contributed by atoms with Gasteiger partial charge in [0.05, 0.1) is 11.0 Å². The zero-order chi connectivity index (χ0) is 14.3. The summed E-state index contributed by atoms with van der Waals surface area (Å²) in [5.74, 6) is 1.02. The van der Waals surface area contributed by atoms with Gasteiger partial charge in [0.25, 0.3) is 0 Å². The zero-order valence-corrected chi connectivity index (χ0v) is 12.5. The van der Waals surface area contributed by atoms with E-state index in [0.29, 0.717) is 0 Å². The van der Waals surface area contributed by atoms with Crippen LogP contribution in [-0.4, -0.2) is 9.55 Å². The number of aryl methyl sites for hydroxylation is 1. The van der Waals surface area contributed by atoms with E-state index in [1.165, 1.54) is 11.3 Å². The lowest BCUT2D eigenvalue weighted by Gasteiger charge is -2.19. The van der Waals surface area contributed by atoms with Gasteiger partial charge in [-0.05, 0) is 42.2 Å². The van der Waals surface area contributed by atoms with Gasteiger partial charge in [-0.25, -0.2) is 4.98 Å². The molecule has 0 spiro atoms. The van der Waals surface area contributed by atoms with Crippen LogP contribution in [0.1, 0.15) is 32.2 Å². The molecule has 2 nitrogen and oxygen atoms in total. The Bertz CT molecular complexity index is 743. The number of hydrogen-bond donors (Lipinski definition) is 0. The molecule has 0 unspecified atom stereocenters. The monoisotopic (exact) mass is 264 g/mol. The minimum absolute atomic E-state index is 0.185. The number of aromatic nitrogens is 2. The fraction of sp³-hybridized carbons (Fsp3) is 0.278. The highest BCUT2D eigenvalue weighted by atomic mass is 15.1. The predicted molar refractivity (Wildman–Crippen MR) is 84.5 cm³/mol. The number of imidazole rings is 1. The molecule has 0 N–H and O–H groups in total. The first-order valence-corrected chi connectivity index (χ1v) is 7.02. The van der Waals surface area contributed by atoms with E-state index < -0.39 is 0 Å². The molecule has 3 aromatic rings. The van der Waals surface area contributed by atoms with E-state index in [-0.39, 0.29) is 5.41 Å². The van der Waals surface area contributed by atoms with Gasteiger partial charge in [0.2, 0.25) is 0 Å². The molecule has 2 aromatic carbocycles. The van der Waals surface area contributed by atoms with Crippen molar-refractivity contribution in [1.82, 2.24) is 9.55 Å². The van der Waals surface area contributed by atoms with Crippen LogP contribution in [0.25, 0.3) is 16.7 Å². The molecular formula is C18H20N2. The number of rotatable bonds is 1. The van der Waals surface area contributed by atoms with Gasteiger partial charge in [-0.2, -0.15) is 0 Å². The van der Waals surface area contributed by atoms with Gasteiger partial charge in [-0.15, -0.1) is 0 Å². The Morgan fingerprint density at radius 2 is 1.55 bits per heavy atom. The Balaban J connectivity index is 2.14. The van der Waals surface area contributed by atoms with Crippen LogP contribution in [0.5, 0.6) is 0 Å². The van der Waals surface area contributed by atoms with Crippen molar-refractivity contribution in [2.24, 2.45) is 0 Å². The van der Waals surface area contributed by atoms with E-state index in [1.54, 1.807) is 0 Å². The number of hydrogen-bond acceptors (Lipinski definition) is 1. The topological polar surface area (TPSA) is 17.8 Å². The maximum Gasteiger partial charge on any atom is 0.111 e. The summed E-state index contributed by atoms with van der Waals surface area (Å²) in [6.07, 6.45) is 0. The van der Waals surface area contributed by atoms with E-state index in [0.717, 1.165) is 16.9 Å². The van der Waals surface area contributed by atoms with Gasteiger partial charge in [-0.1, -0.05) is 45.0 Å². The van der Waals surface area contributed by atoms with Crippen LogP contribution >= 0.6 is 0 Å². The molecule has 1 aromatic heterocycles. The van der Waals surface area contributed by atoms with Crippen molar-refractivity contribution in [1.29, 1.82) is 0 Å². The summed E-state index contributed by atoms with van der Waals surface area (Å²) in [7, 11) is 0. The summed E-state index contributed by atoms with van der Waals surface area (Å²) < 4.78 is 2.21.